The maximum absolute atomic E-state index is 12.4. The number of nitrogens with one attached hydrogen (secondary N) is 1. The second kappa shape index (κ2) is 8.09. The van der Waals surface area contributed by atoms with Gasteiger partial charge in [0.15, 0.2) is 0 Å². The van der Waals surface area contributed by atoms with Gasteiger partial charge in [0, 0.05) is 13.1 Å². The number of hydrogen-bond acceptors (Lipinski definition) is 3. The quantitative estimate of drug-likeness (QED) is 0.838. The summed E-state index contributed by atoms with van der Waals surface area (Å²) in [6.45, 7) is 4.46. The van der Waals surface area contributed by atoms with Gasteiger partial charge < -0.3 is 10.1 Å². The van der Waals surface area contributed by atoms with Crippen molar-refractivity contribution in [2.24, 2.45) is 0 Å². The standard InChI is InChI=1S/C19H20Cl2N2O2/c1-2-25-15-7-6-13-8-9-23(11-14(13)10-15)12-18(24)22-19-16(20)4-3-5-17(19)21/h3-7,10H,2,8-9,11-12H2,1H3,(H,22,24). The number of carbonyl (C=O) groups is 1. The van der Waals surface area contributed by atoms with Gasteiger partial charge in [-0.1, -0.05) is 35.3 Å². The van der Waals surface area contributed by atoms with Gasteiger partial charge in [0.2, 0.25) is 5.91 Å². The predicted octanol–water partition coefficient (Wildman–Crippen LogP) is 4.39. The van der Waals surface area contributed by atoms with Gasteiger partial charge in [0.1, 0.15) is 5.75 Å². The summed E-state index contributed by atoms with van der Waals surface area (Å²) >= 11 is 12.2. The van der Waals surface area contributed by atoms with Crippen molar-refractivity contribution in [2.45, 2.75) is 19.9 Å². The van der Waals surface area contributed by atoms with E-state index in [1.807, 2.05) is 13.0 Å². The monoisotopic (exact) mass is 378 g/mol. The summed E-state index contributed by atoms with van der Waals surface area (Å²) in [7, 11) is 0. The zero-order valence-electron chi connectivity index (χ0n) is 14.0. The molecule has 0 fully saturated rings. The summed E-state index contributed by atoms with van der Waals surface area (Å²) in [5.41, 5.74) is 2.99. The molecule has 0 aromatic heterocycles. The SMILES string of the molecule is CCOc1ccc2c(c1)CN(CC(=O)Nc1c(Cl)cccc1Cl)CC2. The average molecular weight is 379 g/mol. The molecule has 0 saturated carbocycles. The zero-order valence-corrected chi connectivity index (χ0v) is 15.5. The lowest BCUT2D eigenvalue weighted by Crippen LogP contribution is -2.37. The van der Waals surface area contributed by atoms with E-state index in [-0.39, 0.29) is 5.91 Å². The van der Waals surface area contributed by atoms with Gasteiger partial charge >= 0.3 is 0 Å². The molecule has 2 aromatic rings. The van der Waals surface area contributed by atoms with E-state index in [4.69, 9.17) is 27.9 Å². The van der Waals surface area contributed by atoms with E-state index in [1.54, 1.807) is 18.2 Å². The van der Waals surface area contributed by atoms with Crippen LogP contribution in [0.5, 0.6) is 5.75 Å². The highest BCUT2D eigenvalue weighted by Crippen LogP contribution is 2.30. The molecule has 2 aromatic carbocycles. The van der Waals surface area contributed by atoms with Crippen LogP contribution < -0.4 is 10.1 Å². The molecule has 0 unspecified atom stereocenters. The Labute approximate surface area is 157 Å². The summed E-state index contributed by atoms with van der Waals surface area (Å²) in [5, 5.41) is 3.68. The van der Waals surface area contributed by atoms with Gasteiger partial charge in [-0.15, -0.1) is 0 Å². The van der Waals surface area contributed by atoms with Gasteiger partial charge in [0.05, 0.1) is 28.9 Å². The number of nitrogens with zero attached hydrogens (tertiary/aromatic N) is 1. The topological polar surface area (TPSA) is 41.6 Å². The molecule has 6 heteroatoms. The smallest absolute Gasteiger partial charge is 0.238 e. The van der Waals surface area contributed by atoms with Crippen LogP contribution in [-0.4, -0.2) is 30.5 Å². The highest BCUT2D eigenvalue weighted by molar-refractivity contribution is 6.39. The van der Waals surface area contributed by atoms with Crippen molar-refractivity contribution in [1.29, 1.82) is 0 Å². The van der Waals surface area contributed by atoms with E-state index < -0.39 is 0 Å². The summed E-state index contributed by atoms with van der Waals surface area (Å²) in [5.74, 6) is 0.745. The number of halogens is 2. The molecule has 1 heterocycles. The van der Waals surface area contributed by atoms with Crippen LogP contribution in [0, 0.1) is 0 Å². The number of amides is 1. The van der Waals surface area contributed by atoms with E-state index in [2.05, 4.69) is 22.3 Å². The molecule has 3 rings (SSSR count). The minimum atomic E-state index is -0.126. The van der Waals surface area contributed by atoms with Crippen molar-refractivity contribution in [2.75, 3.05) is 25.0 Å². The number of anilines is 1. The van der Waals surface area contributed by atoms with Crippen LogP contribution in [0.3, 0.4) is 0 Å². The first-order valence-electron chi connectivity index (χ1n) is 8.27. The van der Waals surface area contributed by atoms with Crippen molar-refractivity contribution in [3.63, 3.8) is 0 Å². The molecule has 0 radical (unpaired) electrons. The van der Waals surface area contributed by atoms with Crippen LogP contribution in [0.2, 0.25) is 10.0 Å². The number of para-hydroxylation sites is 1. The first kappa shape index (κ1) is 18.1. The maximum atomic E-state index is 12.4. The molecular weight excluding hydrogens is 359 g/mol. The summed E-state index contributed by atoms with van der Waals surface area (Å²) in [4.78, 5) is 14.5. The van der Waals surface area contributed by atoms with E-state index in [9.17, 15) is 4.79 Å². The van der Waals surface area contributed by atoms with E-state index in [1.165, 1.54) is 11.1 Å². The van der Waals surface area contributed by atoms with Crippen LogP contribution in [0.4, 0.5) is 5.69 Å². The number of ether oxygens (including phenoxy) is 1. The third-order valence-electron chi connectivity index (χ3n) is 4.17. The highest BCUT2D eigenvalue weighted by Gasteiger charge is 2.20. The molecule has 0 bridgehead atoms. The van der Waals surface area contributed by atoms with Crippen LogP contribution in [0.15, 0.2) is 36.4 Å². The number of fused-ring (bicyclic) bond motifs is 1. The second-order valence-electron chi connectivity index (χ2n) is 5.97. The Bertz CT molecular complexity index is 760. The summed E-state index contributed by atoms with van der Waals surface area (Å²) < 4.78 is 5.57. The number of hydrogen-bond donors (Lipinski definition) is 1. The predicted molar refractivity (Wildman–Crippen MR) is 102 cm³/mol. The van der Waals surface area contributed by atoms with Gasteiger partial charge in [-0.25, -0.2) is 0 Å². The molecule has 0 aliphatic carbocycles. The Morgan fingerprint density at radius 2 is 1.96 bits per heavy atom. The molecule has 25 heavy (non-hydrogen) atoms. The first-order valence-corrected chi connectivity index (χ1v) is 9.03. The molecule has 1 aliphatic heterocycles. The molecule has 1 N–H and O–H groups in total. The van der Waals surface area contributed by atoms with Gasteiger partial charge in [0.25, 0.3) is 0 Å². The van der Waals surface area contributed by atoms with Crippen LogP contribution >= 0.6 is 23.2 Å². The third-order valence-corrected chi connectivity index (χ3v) is 4.80. The van der Waals surface area contributed by atoms with Gasteiger partial charge in [-0.3, -0.25) is 9.69 Å². The number of carbonyl (C=O) groups excluding carboxylic acids is 1. The van der Waals surface area contributed by atoms with Gasteiger partial charge in [-0.05, 0) is 48.7 Å². The van der Waals surface area contributed by atoms with Crippen LogP contribution in [0.1, 0.15) is 18.1 Å². The zero-order chi connectivity index (χ0) is 17.8. The average Bonchev–Trinajstić information content (AvgIpc) is 2.58. The number of benzene rings is 2. The molecule has 4 nitrogen and oxygen atoms in total. The van der Waals surface area contributed by atoms with Gasteiger partial charge in [-0.2, -0.15) is 0 Å². The summed E-state index contributed by atoms with van der Waals surface area (Å²) in [6.07, 6.45) is 0.919. The first-order chi connectivity index (χ1) is 12.1. The van der Waals surface area contributed by atoms with E-state index in [0.29, 0.717) is 28.9 Å². The second-order valence-corrected chi connectivity index (χ2v) is 6.78. The minimum Gasteiger partial charge on any atom is -0.494 e. The minimum absolute atomic E-state index is 0.126. The Morgan fingerprint density at radius 1 is 1.20 bits per heavy atom. The fourth-order valence-corrected chi connectivity index (χ4v) is 3.47. The Kier molecular flexibility index (Phi) is 5.84. The molecule has 1 amide bonds. The van der Waals surface area contributed by atoms with Crippen molar-refractivity contribution in [3.05, 3.63) is 57.6 Å². The van der Waals surface area contributed by atoms with Crippen molar-refractivity contribution < 1.29 is 9.53 Å². The van der Waals surface area contributed by atoms with Crippen molar-refractivity contribution in [3.8, 4) is 5.75 Å². The highest BCUT2D eigenvalue weighted by atomic mass is 35.5. The Morgan fingerprint density at radius 3 is 2.68 bits per heavy atom. The molecule has 0 atom stereocenters. The fourth-order valence-electron chi connectivity index (χ4n) is 2.98. The molecule has 0 saturated heterocycles. The maximum Gasteiger partial charge on any atom is 0.238 e. The molecule has 1 aliphatic rings. The Balaban J connectivity index is 1.64. The van der Waals surface area contributed by atoms with Crippen LogP contribution in [-0.2, 0) is 17.8 Å². The van der Waals surface area contributed by atoms with Crippen LogP contribution in [0.25, 0.3) is 0 Å². The largest absolute Gasteiger partial charge is 0.494 e. The fraction of sp³-hybridized carbons (Fsp3) is 0.316. The number of rotatable bonds is 5. The van der Waals surface area contributed by atoms with Crippen molar-refractivity contribution in [1.82, 2.24) is 4.90 Å². The molecular formula is C19H20Cl2N2O2. The van der Waals surface area contributed by atoms with E-state index >= 15 is 0 Å². The van der Waals surface area contributed by atoms with E-state index in [0.717, 1.165) is 25.3 Å². The lowest BCUT2D eigenvalue weighted by molar-refractivity contribution is -0.117. The normalized spacial score (nSPS) is 14.0. The third kappa shape index (κ3) is 4.46. The lowest BCUT2D eigenvalue weighted by Gasteiger charge is -2.28. The summed E-state index contributed by atoms with van der Waals surface area (Å²) in [6, 6.07) is 11.3. The van der Waals surface area contributed by atoms with Crippen molar-refractivity contribution >= 4 is 34.8 Å². The molecule has 0 spiro atoms. The molecule has 132 valence electrons. The lowest BCUT2D eigenvalue weighted by atomic mass is 9.99. The Hall–Kier alpha value is -1.75.